The molecule has 24 heavy (non-hydrogen) atoms. The summed E-state index contributed by atoms with van der Waals surface area (Å²) in [6.45, 7) is 1.80. The normalized spacial score (nSPS) is 15.4. The van der Waals surface area contributed by atoms with Gasteiger partial charge in [0.15, 0.2) is 5.82 Å². The van der Waals surface area contributed by atoms with Gasteiger partial charge in [-0.15, -0.1) is 0 Å². The smallest absolute Gasteiger partial charge is 0.254 e. The minimum atomic E-state index is -0.0921. The van der Waals surface area contributed by atoms with Crippen molar-refractivity contribution >= 4 is 11.7 Å². The number of aromatic nitrogens is 3. The zero-order valence-corrected chi connectivity index (χ0v) is 14.0. The third-order valence-corrected chi connectivity index (χ3v) is 4.15. The van der Waals surface area contributed by atoms with Crippen molar-refractivity contribution < 1.29 is 4.79 Å². The summed E-state index contributed by atoms with van der Waals surface area (Å²) < 4.78 is 0. The van der Waals surface area contributed by atoms with Crippen LogP contribution in [0, 0.1) is 0 Å². The van der Waals surface area contributed by atoms with E-state index in [9.17, 15) is 4.79 Å². The molecule has 7 heteroatoms. The molecule has 1 aliphatic heterocycles. The van der Waals surface area contributed by atoms with Gasteiger partial charge in [-0.2, -0.15) is 0 Å². The molecule has 0 unspecified atom stereocenters. The lowest BCUT2D eigenvalue weighted by Crippen LogP contribution is -2.40. The van der Waals surface area contributed by atoms with Crippen LogP contribution in [0.2, 0.25) is 0 Å². The zero-order chi connectivity index (χ0) is 17.1. The molecule has 1 aliphatic rings. The van der Waals surface area contributed by atoms with Crippen molar-refractivity contribution in [1.29, 1.82) is 0 Å². The summed E-state index contributed by atoms with van der Waals surface area (Å²) in [5, 5.41) is 0. The molecule has 0 atom stereocenters. The van der Waals surface area contributed by atoms with Crippen LogP contribution in [0.15, 0.2) is 30.7 Å². The van der Waals surface area contributed by atoms with Crippen LogP contribution in [0.25, 0.3) is 11.4 Å². The Morgan fingerprint density at radius 1 is 1.29 bits per heavy atom. The van der Waals surface area contributed by atoms with Gasteiger partial charge in [-0.3, -0.25) is 9.78 Å². The lowest BCUT2D eigenvalue weighted by Gasteiger charge is -2.31. The monoisotopic (exact) mass is 326 g/mol. The predicted molar refractivity (Wildman–Crippen MR) is 92.7 cm³/mol. The van der Waals surface area contributed by atoms with Crippen LogP contribution in [0.3, 0.4) is 0 Å². The summed E-state index contributed by atoms with van der Waals surface area (Å²) in [4.78, 5) is 29.0. The van der Waals surface area contributed by atoms with E-state index >= 15 is 0 Å². The number of nitrogens with zero attached hydrogens (tertiary/aromatic N) is 5. The number of anilines is 1. The third-order valence-electron chi connectivity index (χ3n) is 4.15. The average molecular weight is 326 g/mol. The molecule has 1 fully saturated rings. The van der Waals surface area contributed by atoms with Gasteiger partial charge in [0.25, 0.3) is 5.91 Å². The van der Waals surface area contributed by atoms with E-state index in [4.69, 9.17) is 5.73 Å². The Morgan fingerprint density at radius 3 is 2.75 bits per heavy atom. The van der Waals surface area contributed by atoms with Crippen molar-refractivity contribution in [3.05, 3.63) is 36.3 Å². The number of amides is 1. The van der Waals surface area contributed by atoms with E-state index in [1.54, 1.807) is 38.8 Å². The Labute approximate surface area is 141 Å². The minimum absolute atomic E-state index is 0.0921. The molecule has 0 aliphatic carbocycles. The Balaban J connectivity index is 1.86. The Hall–Kier alpha value is -2.54. The first-order valence-electron chi connectivity index (χ1n) is 8.05. The maximum absolute atomic E-state index is 12.1. The van der Waals surface area contributed by atoms with E-state index in [2.05, 4.69) is 19.9 Å². The van der Waals surface area contributed by atoms with Crippen LogP contribution in [0.1, 0.15) is 23.2 Å². The largest absolute Gasteiger partial charge is 0.356 e. The molecular formula is C17H22N6O. The highest BCUT2D eigenvalue weighted by atomic mass is 16.2. The molecule has 2 aromatic heterocycles. The average Bonchev–Trinajstić information content (AvgIpc) is 2.62. The first-order valence-corrected chi connectivity index (χ1v) is 8.05. The molecule has 0 bridgehead atoms. The molecule has 0 aromatic carbocycles. The third kappa shape index (κ3) is 3.51. The van der Waals surface area contributed by atoms with Crippen molar-refractivity contribution in [2.75, 3.05) is 32.1 Å². The zero-order valence-electron chi connectivity index (χ0n) is 14.0. The summed E-state index contributed by atoms with van der Waals surface area (Å²) in [6, 6.07) is 3.96. The van der Waals surface area contributed by atoms with Gasteiger partial charge in [0.2, 0.25) is 0 Å². The van der Waals surface area contributed by atoms with Gasteiger partial charge in [-0.05, 0) is 25.0 Å². The standard InChI is InChI=1S/C17H22N6O/c1-22(2)17(24)13-9-12(10-19-11-13)16-20-6-3-15(21-16)23-7-4-14(18)5-8-23/h3,6,9-11,14H,4-5,7-8,18H2,1-2H3. The quantitative estimate of drug-likeness (QED) is 0.911. The fraction of sp³-hybridized carbons (Fsp3) is 0.412. The summed E-state index contributed by atoms with van der Waals surface area (Å²) >= 11 is 0. The molecule has 7 nitrogen and oxygen atoms in total. The van der Waals surface area contributed by atoms with Gasteiger partial charge in [-0.1, -0.05) is 0 Å². The maximum atomic E-state index is 12.1. The van der Waals surface area contributed by atoms with E-state index in [-0.39, 0.29) is 11.9 Å². The van der Waals surface area contributed by atoms with Crippen LogP contribution >= 0.6 is 0 Å². The van der Waals surface area contributed by atoms with Gasteiger partial charge in [0.05, 0.1) is 5.56 Å². The molecule has 2 N–H and O–H groups in total. The lowest BCUT2D eigenvalue weighted by atomic mass is 10.1. The van der Waals surface area contributed by atoms with Crippen molar-refractivity contribution in [3.63, 3.8) is 0 Å². The van der Waals surface area contributed by atoms with E-state index in [1.807, 2.05) is 6.07 Å². The van der Waals surface area contributed by atoms with Crippen LogP contribution in [0.5, 0.6) is 0 Å². The number of rotatable bonds is 3. The fourth-order valence-corrected chi connectivity index (χ4v) is 2.73. The Bertz CT molecular complexity index is 725. The van der Waals surface area contributed by atoms with Crippen LogP contribution in [-0.2, 0) is 0 Å². The number of piperidine rings is 1. The molecule has 126 valence electrons. The van der Waals surface area contributed by atoms with Crippen molar-refractivity contribution in [2.45, 2.75) is 18.9 Å². The summed E-state index contributed by atoms with van der Waals surface area (Å²) in [5.41, 5.74) is 7.22. The predicted octanol–water partition coefficient (Wildman–Crippen LogP) is 1.17. The van der Waals surface area contributed by atoms with Crippen molar-refractivity contribution in [2.24, 2.45) is 5.73 Å². The van der Waals surface area contributed by atoms with Gasteiger partial charge in [0.1, 0.15) is 5.82 Å². The van der Waals surface area contributed by atoms with Gasteiger partial charge >= 0.3 is 0 Å². The second-order valence-electron chi connectivity index (χ2n) is 6.22. The summed E-state index contributed by atoms with van der Waals surface area (Å²) in [7, 11) is 3.43. The fourth-order valence-electron chi connectivity index (χ4n) is 2.73. The van der Waals surface area contributed by atoms with Crippen LogP contribution < -0.4 is 10.6 Å². The second-order valence-corrected chi connectivity index (χ2v) is 6.22. The molecule has 1 saturated heterocycles. The second kappa shape index (κ2) is 6.92. The van der Waals surface area contributed by atoms with Gasteiger partial charge in [0, 0.05) is 57.4 Å². The molecule has 0 spiro atoms. The molecule has 2 aromatic rings. The van der Waals surface area contributed by atoms with Crippen molar-refractivity contribution in [3.8, 4) is 11.4 Å². The molecule has 3 rings (SSSR count). The minimum Gasteiger partial charge on any atom is -0.356 e. The first-order chi connectivity index (χ1) is 11.5. The Morgan fingerprint density at radius 2 is 2.04 bits per heavy atom. The van der Waals surface area contributed by atoms with E-state index < -0.39 is 0 Å². The molecule has 0 saturated carbocycles. The molecular weight excluding hydrogens is 304 g/mol. The molecule has 3 heterocycles. The Kier molecular flexibility index (Phi) is 4.71. The number of carbonyl (C=O) groups excluding carboxylic acids is 1. The highest BCUT2D eigenvalue weighted by Gasteiger charge is 2.18. The first kappa shape index (κ1) is 16.3. The van der Waals surface area contributed by atoms with E-state index in [0.29, 0.717) is 11.4 Å². The van der Waals surface area contributed by atoms with Crippen molar-refractivity contribution in [1.82, 2.24) is 19.9 Å². The molecule has 1 amide bonds. The number of hydrogen-bond acceptors (Lipinski definition) is 6. The van der Waals surface area contributed by atoms with E-state index in [1.165, 1.54) is 4.90 Å². The lowest BCUT2D eigenvalue weighted by molar-refractivity contribution is 0.0827. The molecule has 0 radical (unpaired) electrons. The van der Waals surface area contributed by atoms with Crippen LogP contribution in [-0.4, -0.2) is 59.0 Å². The van der Waals surface area contributed by atoms with E-state index in [0.717, 1.165) is 37.3 Å². The number of carbonyl (C=O) groups is 1. The van der Waals surface area contributed by atoms with Gasteiger partial charge in [-0.25, -0.2) is 9.97 Å². The topological polar surface area (TPSA) is 88.2 Å². The highest BCUT2D eigenvalue weighted by molar-refractivity contribution is 5.94. The maximum Gasteiger partial charge on any atom is 0.254 e. The summed E-state index contributed by atoms with van der Waals surface area (Å²) in [5.74, 6) is 1.37. The number of nitrogens with two attached hydrogens (primary N) is 1. The van der Waals surface area contributed by atoms with Gasteiger partial charge < -0.3 is 15.5 Å². The highest BCUT2D eigenvalue weighted by Crippen LogP contribution is 2.21. The SMILES string of the molecule is CN(C)C(=O)c1cncc(-c2nccc(N3CCC(N)CC3)n2)c1. The van der Waals surface area contributed by atoms with Crippen LogP contribution in [0.4, 0.5) is 5.82 Å². The number of pyridine rings is 1. The summed E-state index contributed by atoms with van der Waals surface area (Å²) in [6.07, 6.45) is 6.91. The number of hydrogen-bond donors (Lipinski definition) is 1.